The molecule has 1 aliphatic heterocycles. The van der Waals surface area contributed by atoms with Gasteiger partial charge >= 0.3 is 0 Å². The molecule has 0 saturated carbocycles. The number of aliphatic hydroxyl groups is 2. The van der Waals surface area contributed by atoms with Crippen LogP contribution in [0.25, 0.3) is 0 Å². The van der Waals surface area contributed by atoms with E-state index < -0.39 is 17.3 Å². The molecule has 3 aromatic rings. The van der Waals surface area contributed by atoms with Gasteiger partial charge in [0.15, 0.2) is 0 Å². The SMILES string of the molecule is CC(C)(OC=O)c1ccc(C(O)CCCN2CCC(C(O)(c3ccccc3)c3ccccc3)CC2)cc1. The van der Waals surface area contributed by atoms with Gasteiger partial charge in [-0.3, -0.25) is 4.79 Å². The Morgan fingerprint density at radius 3 is 1.95 bits per heavy atom. The molecular formula is C32H39NO4. The number of ether oxygens (including phenoxy) is 1. The van der Waals surface area contributed by atoms with Crippen molar-refractivity contribution in [3.05, 3.63) is 107 Å². The summed E-state index contributed by atoms with van der Waals surface area (Å²) in [7, 11) is 0. The van der Waals surface area contributed by atoms with E-state index in [0.717, 1.165) is 61.2 Å². The summed E-state index contributed by atoms with van der Waals surface area (Å²) in [6.07, 6.45) is 2.90. The number of piperidine rings is 1. The van der Waals surface area contributed by atoms with Gasteiger partial charge in [-0.05, 0) is 87.3 Å². The van der Waals surface area contributed by atoms with Crippen molar-refractivity contribution in [2.24, 2.45) is 5.92 Å². The van der Waals surface area contributed by atoms with Crippen molar-refractivity contribution < 1.29 is 19.7 Å². The Balaban J connectivity index is 1.30. The van der Waals surface area contributed by atoms with Crippen LogP contribution in [0.15, 0.2) is 84.9 Å². The molecule has 0 spiro atoms. The van der Waals surface area contributed by atoms with Crippen LogP contribution in [0.2, 0.25) is 0 Å². The lowest BCUT2D eigenvalue weighted by Crippen LogP contribution is -2.44. The van der Waals surface area contributed by atoms with Crippen LogP contribution >= 0.6 is 0 Å². The van der Waals surface area contributed by atoms with Gasteiger partial charge in [0.2, 0.25) is 0 Å². The second kappa shape index (κ2) is 12.0. The van der Waals surface area contributed by atoms with Crippen molar-refractivity contribution in [3.63, 3.8) is 0 Å². The second-order valence-corrected chi connectivity index (χ2v) is 10.6. The fourth-order valence-electron chi connectivity index (χ4n) is 5.57. The van der Waals surface area contributed by atoms with Gasteiger partial charge < -0.3 is 19.8 Å². The average Bonchev–Trinajstić information content (AvgIpc) is 2.94. The van der Waals surface area contributed by atoms with Crippen LogP contribution in [-0.2, 0) is 20.7 Å². The molecule has 3 aromatic carbocycles. The standard InChI is InChI=1S/C32H39NO4/c1-31(2,37-24-34)26-17-15-25(16-18-26)30(35)14-9-21-33-22-19-29(20-23-33)32(36,27-10-5-3-6-11-27)28-12-7-4-8-13-28/h3-8,10-13,15-18,24,29-30,35-36H,9,14,19-23H2,1-2H3. The van der Waals surface area contributed by atoms with E-state index in [1.807, 2.05) is 98.8 Å². The number of aliphatic hydroxyl groups excluding tert-OH is 1. The van der Waals surface area contributed by atoms with Gasteiger partial charge in [-0.25, -0.2) is 0 Å². The number of nitrogens with zero attached hydrogens (tertiary/aromatic N) is 1. The number of benzene rings is 3. The molecule has 0 radical (unpaired) electrons. The molecule has 0 aromatic heterocycles. The van der Waals surface area contributed by atoms with Gasteiger partial charge in [0.25, 0.3) is 6.47 Å². The molecule has 1 heterocycles. The van der Waals surface area contributed by atoms with Crippen LogP contribution in [0.1, 0.15) is 67.9 Å². The molecule has 1 unspecified atom stereocenters. The zero-order valence-electron chi connectivity index (χ0n) is 21.9. The van der Waals surface area contributed by atoms with Crippen molar-refractivity contribution in [2.75, 3.05) is 19.6 Å². The van der Waals surface area contributed by atoms with Crippen LogP contribution in [0.4, 0.5) is 0 Å². The summed E-state index contributed by atoms with van der Waals surface area (Å²) < 4.78 is 5.16. The number of hydrogen-bond donors (Lipinski definition) is 2. The minimum absolute atomic E-state index is 0.144. The molecule has 1 aliphatic rings. The molecule has 4 rings (SSSR count). The van der Waals surface area contributed by atoms with E-state index in [1.54, 1.807) is 0 Å². The maximum Gasteiger partial charge on any atom is 0.293 e. The number of hydrogen-bond acceptors (Lipinski definition) is 5. The largest absolute Gasteiger partial charge is 0.457 e. The molecule has 0 aliphatic carbocycles. The third kappa shape index (κ3) is 6.30. The first-order chi connectivity index (χ1) is 17.8. The van der Waals surface area contributed by atoms with Gasteiger partial charge in [0.05, 0.1) is 6.10 Å². The predicted octanol–water partition coefficient (Wildman–Crippen LogP) is 5.56. The van der Waals surface area contributed by atoms with Crippen LogP contribution in [0, 0.1) is 5.92 Å². The molecule has 1 fully saturated rings. The van der Waals surface area contributed by atoms with Crippen molar-refractivity contribution in [3.8, 4) is 0 Å². The van der Waals surface area contributed by atoms with E-state index in [-0.39, 0.29) is 5.92 Å². The van der Waals surface area contributed by atoms with Crippen LogP contribution in [-0.4, -0.2) is 41.2 Å². The summed E-state index contributed by atoms with van der Waals surface area (Å²) in [4.78, 5) is 13.2. The molecule has 0 amide bonds. The molecule has 5 nitrogen and oxygen atoms in total. The van der Waals surface area contributed by atoms with Crippen LogP contribution in [0.3, 0.4) is 0 Å². The highest BCUT2D eigenvalue weighted by Crippen LogP contribution is 2.42. The number of rotatable bonds is 11. The van der Waals surface area contributed by atoms with E-state index in [0.29, 0.717) is 12.9 Å². The maximum atomic E-state index is 12.1. The lowest BCUT2D eigenvalue weighted by atomic mass is 9.72. The van der Waals surface area contributed by atoms with Crippen molar-refractivity contribution in [2.45, 2.75) is 56.8 Å². The average molecular weight is 502 g/mol. The Labute approximate surface area is 220 Å². The topological polar surface area (TPSA) is 70.0 Å². The smallest absolute Gasteiger partial charge is 0.293 e. The number of carbonyl (C=O) groups is 1. The van der Waals surface area contributed by atoms with Crippen LogP contribution < -0.4 is 0 Å². The lowest BCUT2D eigenvalue weighted by Gasteiger charge is -2.42. The fraction of sp³-hybridized carbons (Fsp3) is 0.406. The van der Waals surface area contributed by atoms with E-state index in [2.05, 4.69) is 4.90 Å². The molecule has 37 heavy (non-hydrogen) atoms. The van der Waals surface area contributed by atoms with Crippen molar-refractivity contribution in [1.29, 1.82) is 0 Å². The first-order valence-electron chi connectivity index (χ1n) is 13.3. The Hall–Kier alpha value is -2.99. The van der Waals surface area contributed by atoms with Gasteiger partial charge in [-0.1, -0.05) is 84.9 Å². The monoisotopic (exact) mass is 501 g/mol. The second-order valence-electron chi connectivity index (χ2n) is 10.6. The highest BCUT2D eigenvalue weighted by atomic mass is 16.5. The summed E-state index contributed by atoms with van der Waals surface area (Å²) >= 11 is 0. The molecule has 1 saturated heterocycles. The van der Waals surface area contributed by atoms with E-state index in [1.165, 1.54) is 0 Å². The molecule has 0 bridgehead atoms. The molecule has 196 valence electrons. The maximum absolute atomic E-state index is 12.1. The van der Waals surface area contributed by atoms with Crippen molar-refractivity contribution in [1.82, 2.24) is 4.90 Å². The minimum atomic E-state index is -0.998. The third-order valence-corrected chi connectivity index (χ3v) is 7.89. The Bertz CT molecular complexity index is 1070. The summed E-state index contributed by atoms with van der Waals surface area (Å²) in [5, 5.41) is 22.8. The lowest BCUT2D eigenvalue weighted by molar-refractivity contribution is -0.141. The van der Waals surface area contributed by atoms with Gasteiger partial charge in [-0.15, -0.1) is 0 Å². The van der Waals surface area contributed by atoms with E-state index in [9.17, 15) is 15.0 Å². The van der Waals surface area contributed by atoms with Crippen LogP contribution in [0.5, 0.6) is 0 Å². The molecule has 5 heteroatoms. The molecule has 2 N–H and O–H groups in total. The summed E-state index contributed by atoms with van der Waals surface area (Å²) in [6, 6.07) is 27.7. The van der Waals surface area contributed by atoms with E-state index >= 15 is 0 Å². The highest BCUT2D eigenvalue weighted by molar-refractivity contribution is 5.40. The van der Waals surface area contributed by atoms with Gasteiger partial charge in [-0.2, -0.15) is 0 Å². The van der Waals surface area contributed by atoms with Gasteiger partial charge in [0.1, 0.15) is 11.2 Å². The zero-order valence-corrected chi connectivity index (χ0v) is 21.9. The Morgan fingerprint density at radius 2 is 1.43 bits per heavy atom. The van der Waals surface area contributed by atoms with Crippen molar-refractivity contribution >= 4 is 6.47 Å². The summed E-state index contributed by atoms with van der Waals surface area (Å²) in [5.74, 6) is 0.144. The Kier molecular flexibility index (Phi) is 8.80. The van der Waals surface area contributed by atoms with Gasteiger partial charge in [0, 0.05) is 0 Å². The first kappa shape index (κ1) is 27.1. The predicted molar refractivity (Wildman–Crippen MR) is 146 cm³/mol. The normalized spacial score (nSPS) is 16.3. The molecule has 1 atom stereocenters. The fourth-order valence-corrected chi connectivity index (χ4v) is 5.57. The zero-order chi connectivity index (χ0) is 26.3. The number of carbonyl (C=O) groups excluding carboxylic acids is 1. The first-order valence-corrected chi connectivity index (χ1v) is 13.3. The third-order valence-electron chi connectivity index (χ3n) is 7.89. The minimum Gasteiger partial charge on any atom is -0.457 e. The quantitative estimate of drug-likeness (QED) is 0.337. The highest BCUT2D eigenvalue weighted by Gasteiger charge is 2.41. The molecular weight excluding hydrogens is 462 g/mol. The number of likely N-dealkylation sites (tertiary alicyclic amines) is 1. The summed E-state index contributed by atoms with van der Waals surface area (Å²) in [6.45, 7) is 6.95. The summed E-state index contributed by atoms with van der Waals surface area (Å²) in [5.41, 5.74) is 1.99. The Morgan fingerprint density at radius 1 is 0.892 bits per heavy atom. The van der Waals surface area contributed by atoms with E-state index in [4.69, 9.17) is 4.74 Å².